The molecule has 94 valence electrons. The molecule has 0 bridgehead atoms. The Labute approximate surface area is 102 Å². The molecule has 0 aromatic heterocycles. The predicted molar refractivity (Wildman–Crippen MR) is 69.0 cm³/mol. The van der Waals surface area contributed by atoms with Gasteiger partial charge in [0.1, 0.15) is 0 Å². The van der Waals surface area contributed by atoms with Crippen LogP contribution in [0.3, 0.4) is 0 Å². The minimum atomic E-state index is -0.154. The van der Waals surface area contributed by atoms with Crippen molar-refractivity contribution in [2.45, 2.75) is 19.8 Å². The molecular formula is C13H20N2O2. The SMILES string of the molecule is CCCCN(CCO)C(=O)Nc1ccccc1. The van der Waals surface area contributed by atoms with Crippen LogP contribution in [0, 0.1) is 0 Å². The Hall–Kier alpha value is -1.55. The maximum absolute atomic E-state index is 11.9. The third kappa shape index (κ3) is 4.87. The van der Waals surface area contributed by atoms with Crippen molar-refractivity contribution in [2.75, 3.05) is 25.0 Å². The van der Waals surface area contributed by atoms with E-state index in [2.05, 4.69) is 12.2 Å². The van der Waals surface area contributed by atoms with Gasteiger partial charge in [0, 0.05) is 18.8 Å². The number of nitrogens with one attached hydrogen (secondary N) is 1. The van der Waals surface area contributed by atoms with E-state index in [0.717, 1.165) is 18.5 Å². The number of para-hydroxylation sites is 1. The van der Waals surface area contributed by atoms with Crippen LogP contribution in [0.4, 0.5) is 10.5 Å². The van der Waals surface area contributed by atoms with Crippen molar-refractivity contribution in [2.24, 2.45) is 0 Å². The Morgan fingerprint density at radius 3 is 2.59 bits per heavy atom. The van der Waals surface area contributed by atoms with Crippen LogP contribution in [0.5, 0.6) is 0 Å². The smallest absolute Gasteiger partial charge is 0.321 e. The molecule has 4 nitrogen and oxygen atoms in total. The highest BCUT2D eigenvalue weighted by molar-refractivity contribution is 5.89. The minimum Gasteiger partial charge on any atom is -0.395 e. The highest BCUT2D eigenvalue weighted by Crippen LogP contribution is 2.07. The van der Waals surface area contributed by atoms with Crippen molar-refractivity contribution < 1.29 is 9.90 Å². The Bertz CT molecular complexity index is 327. The molecule has 0 saturated heterocycles. The van der Waals surface area contributed by atoms with Gasteiger partial charge in [0.15, 0.2) is 0 Å². The van der Waals surface area contributed by atoms with E-state index >= 15 is 0 Å². The number of anilines is 1. The number of unbranched alkanes of at least 4 members (excludes halogenated alkanes) is 1. The van der Waals surface area contributed by atoms with Crippen LogP contribution < -0.4 is 5.32 Å². The highest BCUT2D eigenvalue weighted by Gasteiger charge is 2.11. The summed E-state index contributed by atoms with van der Waals surface area (Å²) in [5.41, 5.74) is 0.775. The molecule has 2 N–H and O–H groups in total. The molecule has 0 aliphatic carbocycles. The van der Waals surface area contributed by atoms with Crippen molar-refractivity contribution in [3.05, 3.63) is 30.3 Å². The molecule has 0 radical (unpaired) electrons. The molecule has 0 atom stereocenters. The average Bonchev–Trinajstić information content (AvgIpc) is 2.35. The fraction of sp³-hybridized carbons (Fsp3) is 0.462. The number of carbonyl (C=O) groups excluding carboxylic acids is 1. The van der Waals surface area contributed by atoms with Crippen molar-refractivity contribution in [3.63, 3.8) is 0 Å². The van der Waals surface area contributed by atoms with E-state index in [4.69, 9.17) is 5.11 Å². The van der Waals surface area contributed by atoms with E-state index in [1.54, 1.807) is 4.90 Å². The molecule has 1 aromatic rings. The van der Waals surface area contributed by atoms with Gasteiger partial charge < -0.3 is 15.3 Å². The highest BCUT2D eigenvalue weighted by atomic mass is 16.3. The lowest BCUT2D eigenvalue weighted by molar-refractivity contribution is 0.187. The van der Waals surface area contributed by atoms with Crippen LogP contribution in [0.25, 0.3) is 0 Å². The van der Waals surface area contributed by atoms with Crippen molar-refractivity contribution in [1.82, 2.24) is 4.90 Å². The summed E-state index contributed by atoms with van der Waals surface area (Å²) >= 11 is 0. The van der Waals surface area contributed by atoms with E-state index in [1.807, 2.05) is 30.3 Å². The monoisotopic (exact) mass is 236 g/mol. The summed E-state index contributed by atoms with van der Waals surface area (Å²) in [6.07, 6.45) is 1.97. The van der Waals surface area contributed by atoms with Crippen LogP contribution in [0.2, 0.25) is 0 Å². The number of carbonyl (C=O) groups is 1. The van der Waals surface area contributed by atoms with Crippen LogP contribution >= 0.6 is 0 Å². The number of aliphatic hydroxyl groups is 1. The molecule has 1 rings (SSSR count). The fourth-order valence-electron chi connectivity index (χ4n) is 1.51. The zero-order chi connectivity index (χ0) is 12.5. The Morgan fingerprint density at radius 1 is 1.29 bits per heavy atom. The third-order valence-electron chi connectivity index (χ3n) is 2.46. The summed E-state index contributed by atoms with van der Waals surface area (Å²) in [6.45, 7) is 3.12. The van der Waals surface area contributed by atoms with Gasteiger partial charge in [0.05, 0.1) is 6.61 Å². The summed E-state index contributed by atoms with van der Waals surface area (Å²) in [4.78, 5) is 13.5. The van der Waals surface area contributed by atoms with Gasteiger partial charge in [0.2, 0.25) is 0 Å². The molecule has 0 saturated carbocycles. The van der Waals surface area contributed by atoms with Crippen LogP contribution in [-0.2, 0) is 0 Å². The predicted octanol–water partition coefficient (Wildman–Crippen LogP) is 2.31. The minimum absolute atomic E-state index is 0.00801. The van der Waals surface area contributed by atoms with E-state index < -0.39 is 0 Å². The van der Waals surface area contributed by atoms with Crippen molar-refractivity contribution >= 4 is 11.7 Å². The first kappa shape index (κ1) is 13.5. The van der Waals surface area contributed by atoms with Crippen LogP contribution in [-0.4, -0.2) is 35.7 Å². The van der Waals surface area contributed by atoms with Gasteiger partial charge in [-0.25, -0.2) is 4.79 Å². The fourth-order valence-corrected chi connectivity index (χ4v) is 1.51. The lowest BCUT2D eigenvalue weighted by Crippen LogP contribution is -2.37. The van der Waals surface area contributed by atoms with E-state index in [0.29, 0.717) is 13.1 Å². The quantitative estimate of drug-likeness (QED) is 0.796. The third-order valence-corrected chi connectivity index (χ3v) is 2.46. The van der Waals surface area contributed by atoms with E-state index in [9.17, 15) is 4.79 Å². The van der Waals surface area contributed by atoms with Gasteiger partial charge in [0.25, 0.3) is 0 Å². The van der Waals surface area contributed by atoms with Crippen molar-refractivity contribution in [1.29, 1.82) is 0 Å². The second-order valence-electron chi connectivity index (χ2n) is 3.86. The molecule has 4 heteroatoms. The Kier molecular flexibility index (Phi) is 6.10. The summed E-state index contributed by atoms with van der Waals surface area (Å²) in [6, 6.07) is 9.18. The molecule has 1 aromatic carbocycles. The number of amides is 2. The first-order valence-electron chi connectivity index (χ1n) is 5.99. The maximum Gasteiger partial charge on any atom is 0.321 e. The zero-order valence-corrected chi connectivity index (χ0v) is 10.2. The number of hydrogen-bond donors (Lipinski definition) is 2. The Morgan fingerprint density at radius 2 is 2.00 bits per heavy atom. The number of urea groups is 1. The first-order valence-corrected chi connectivity index (χ1v) is 5.99. The van der Waals surface area contributed by atoms with E-state index in [-0.39, 0.29) is 12.6 Å². The number of hydrogen-bond acceptors (Lipinski definition) is 2. The normalized spacial score (nSPS) is 10.0. The molecule has 0 spiro atoms. The molecule has 0 aliphatic heterocycles. The summed E-state index contributed by atoms with van der Waals surface area (Å²) in [5, 5.41) is 11.7. The number of rotatable bonds is 6. The second kappa shape index (κ2) is 7.68. The summed E-state index contributed by atoms with van der Waals surface area (Å²) in [7, 11) is 0. The number of aliphatic hydroxyl groups excluding tert-OH is 1. The largest absolute Gasteiger partial charge is 0.395 e. The molecule has 0 fully saturated rings. The van der Waals surface area contributed by atoms with Crippen LogP contribution in [0.15, 0.2) is 30.3 Å². The van der Waals surface area contributed by atoms with Crippen LogP contribution in [0.1, 0.15) is 19.8 Å². The average molecular weight is 236 g/mol. The van der Waals surface area contributed by atoms with Crippen molar-refractivity contribution in [3.8, 4) is 0 Å². The molecule has 17 heavy (non-hydrogen) atoms. The topological polar surface area (TPSA) is 52.6 Å². The van der Waals surface area contributed by atoms with Gasteiger partial charge in [-0.1, -0.05) is 31.5 Å². The lowest BCUT2D eigenvalue weighted by atomic mass is 10.3. The summed E-state index contributed by atoms with van der Waals surface area (Å²) < 4.78 is 0. The van der Waals surface area contributed by atoms with E-state index in [1.165, 1.54) is 0 Å². The summed E-state index contributed by atoms with van der Waals surface area (Å²) in [5.74, 6) is 0. The molecule has 0 heterocycles. The number of benzene rings is 1. The number of nitrogens with zero attached hydrogens (tertiary/aromatic N) is 1. The standard InChI is InChI=1S/C13H20N2O2/c1-2-3-9-15(10-11-16)13(17)14-12-7-5-4-6-8-12/h4-8,16H,2-3,9-11H2,1H3,(H,14,17). The molecule has 2 amide bonds. The molecular weight excluding hydrogens is 216 g/mol. The second-order valence-corrected chi connectivity index (χ2v) is 3.86. The lowest BCUT2D eigenvalue weighted by Gasteiger charge is -2.21. The van der Waals surface area contributed by atoms with Gasteiger partial charge >= 0.3 is 6.03 Å². The Balaban J connectivity index is 2.52. The van der Waals surface area contributed by atoms with Gasteiger partial charge in [-0.05, 0) is 18.6 Å². The zero-order valence-electron chi connectivity index (χ0n) is 10.2. The van der Waals surface area contributed by atoms with Gasteiger partial charge in [-0.2, -0.15) is 0 Å². The van der Waals surface area contributed by atoms with Gasteiger partial charge in [-0.15, -0.1) is 0 Å². The molecule has 0 aliphatic rings. The molecule has 0 unspecified atom stereocenters. The van der Waals surface area contributed by atoms with Gasteiger partial charge in [-0.3, -0.25) is 0 Å². The first-order chi connectivity index (χ1) is 8.27. The maximum atomic E-state index is 11.9.